The first kappa shape index (κ1) is 31.1. The van der Waals surface area contributed by atoms with Crippen LogP contribution in [0.5, 0.6) is 0 Å². The molecule has 0 aliphatic rings. The van der Waals surface area contributed by atoms with Gasteiger partial charge in [0.05, 0.1) is 28.3 Å². The summed E-state index contributed by atoms with van der Waals surface area (Å²) in [5, 5.41) is 42.8. The summed E-state index contributed by atoms with van der Waals surface area (Å²) in [4.78, 5) is 20.0. The summed E-state index contributed by atoms with van der Waals surface area (Å²) in [5.41, 5.74) is 3.51. The third-order valence-electron chi connectivity index (χ3n) is 5.12. The Bertz CT molecular complexity index is 1790. The molecule has 0 aliphatic carbocycles. The molecule has 1 radical (unpaired) electrons. The summed E-state index contributed by atoms with van der Waals surface area (Å²) in [6.07, 6.45) is 8.49. The summed E-state index contributed by atoms with van der Waals surface area (Å²) in [5.74, 6) is 1.40. The van der Waals surface area contributed by atoms with Crippen LogP contribution in [0, 0.1) is 34.1 Å². The van der Waals surface area contributed by atoms with E-state index in [0.717, 1.165) is 43.6 Å². The molecule has 2 aromatic carbocycles. The van der Waals surface area contributed by atoms with Crippen LogP contribution in [0.1, 0.15) is 0 Å². The number of hydrogen-bond acceptors (Lipinski definition) is 8. The molecule has 0 N–H and O–H groups in total. The first-order valence-corrected chi connectivity index (χ1v) is 11.4. The van der Waals surface area contributed by atoms with Crippen molar-refractivity contribution in [1.82, 2.24) is 19.9 Å². The summed E-state index contributed by atoms with van der Waals surface area (Å²) in [7, 11) is 0. The van der Waals surface area contributed by atoms with Gasteiger partial charge in [-0.1, -0.05) is 48.5 Å². The van der Waals surface area contributed by atoms with Crippen LogP contribution in [0.25, 0.3) is 54.4 Å². The minimum Gasteiger partial charge on any atom is -0.762 e. The quantitative estimate of drug-likeness (QED) is 0.0697. The van der Waals surface area contributed by atoms with E-state index in [1.54, 1.807) is 24.8 Å². The molecular weight excluding hydrogens is 564 g/mol. The maximum atomic E-state index is 7.79. The Kier molecular flexibility index (Phi) is 12.7. The number of hydrogen-bond donors (Lipinski definition) is 0. The number of benzene rings is 2. The summed E-state index contributed by atoms with van der Waals surface area (Å²) in [6.45, 7) is 0. The smallest absolute Gasteiger partial charge is 0.762 e. The van der Waals surface area contributed by atoms with Gasteiger partial charge in [0.25, 0.3) is 0 Å². The SMILES string of the molecule is N#CC(=C=[N-])C#N.N#CN=C=[N-].[Cu+2].c1cnc2c(c1)ccc1cccnc12.c1cnc2c(c1)ccc1cccnc12. The number of aliphatic imine (C=N–C) groups is 1. The molecular formula is C30H16CuN10. The van der Waals surface area contributed by atoms with E-state index in [9.17, 15) is 0 Å². The number of nitriles is 3. The predicted octanol–water partition coefficient (Wildman–Crippen LogP) is 5.97. The maximum absolute atomic E-state index is 7.79. The second-order valence-corrected chi connectivity index (χ2v) is 7.45. The Balaban J connectivity index is 0.000000206. The number of pyridine rings is 4. The van der Waals surface area contributed by atoms with E-state index in [4.69, 9.17) is 26.6 Å². The van der Waals surface area contributed by atoms with Gasteiger partial charge in [-0.25, -0.2) is 5.87 Å². The van der Waals surface area contributed by atoms with Gasteiger partial charge in [-0.2, -0.15) is 15.8 Å². The maximum Gasteiger partial charge on any atom is 2.00 e. The van der Waals surface area contributed by atoms with Crippen LogP contribution in [0.3, 0.4) is 0 Å². The van der Waals surface area contributed by atoms with Crippen LogP contribution in [0.15, 0.2) is 108 Å². The van der Waals surface area contributed by atoms with Crippen LogP contribution in [-0.2, 0) is 17.1 Å². The van der Waals surface area contributed by atoms with Crippen molar-refractivity contribution >= 4 is 55.5 Å². The van der Waals surface area contributed by atoms with Gasteiger partial charge in [0.2, 0.25) is 0 Å². The van der Waals surface area contributed by atoms with Gasteiger partial charge in [-0.15, -0.1) is 6.01 Å². The Hall–Kier alpha value is -6.10. The van der Waals surface area contributed by atoms with Crippen LogP contribution in [0.2, 0.25) is 0 Å². The van der Waals surface area contributed by atoms with Gasteiger partial charge in [0, 0.05) is 46.3 Å². The molecule has 197 valence electrons. The number of aromatic nitrogens is 4. The zero-order chi connectivity index (χ0) is 28.6. The molecule has 0 fully saturated rings. The Morgan fingerprint density at radius 2 is 0.878 bits per heavy atom. The van der Waals surface area contributed by atoms with Crippen LogP contribution in [0.4, 0.5) is 0 Å². The van der Waals surface area contributed by atoms with Gasteiger partial charge in [-0.05, 0) is 24.3 Å². The van der Waals surface area contributed by atoms with Crippen molar-refractivity contribution < 1.29 is 17.1 Å². The predicted molar refractivity (Wildman–Crippen MR) is 154 cm³/mol. The average molecular weight is 580 g/mol. The molecule has 0 atom stereocenters. The largest absolute Gasteiger partial charge is 2.00 e. The second-order valence-electron chi connectivity index (χ2n) is 7.45. The normalized spacial score (nSPS) is 8.71. The Morgan fingerprint density at radius 3 is 1.05 bits per heavy atom. The summed E-state index contributed by atoms with van der Waals surface area (Å²) in [6, 6.07) is 28.4. The van der Waals surface area contributed by atoms with E-state index >= 15 is 0 Å². The van der Waals surface area contributed by atoms with Gasteiger partial charge < -0.3 is 15.8 Å². The topological polar surface area (TPSA) is 180 Å². The molecule has 0 bridgehead atoms. The fourth-order valence-electron chi connectivity index (χ4n) is 3.46. The number of fused-ring (bicyclic) bond motifs is 6. The van der Waals surface area contributed by atoms with Crippen molar-refractivity contribution in [3.05, 3.63) is 114 Å². The van der Waals surface area contributed by atoms with Crippen molar-refractivity contribution in [1.29, 1.82) is 15.8 Å². The average Bonchev–Trinajstić information content (AvgIpc) is 3.03. The van der Waals surface area contributed by atoms with Gasteiger partial charge in [0.1, 0.15) is 17.7 Å². The number of rotatable bonds is 0. The molecule has 0 saturated carbocycles. The Labute approximate surface area is 245 Å². The molecule has 0 spiro atoms. The molecule has 0 aliphatic heterocycles. The second kappa shape index (κ2) is 16.7. The van der Waals surface area contributed by atoms with E-state index in [2.05, 4.69) is 73.5 Å². The molecule has 0 unspecified atom stereocenters. The van der Waals surface area contributed by atoms with E-state index in [-0.39, 0.29) is 17.1 Å². The minimum atomic E-state index is -0.403. The van der Waals surface area contributed by atoms with Gasteiger partial charge in [-0.3, -0.25) is 19.9 Å². The summed E-state index contributed by atoms with van der Waals surface area (Å²) >= 11 is 0. The molecule has 11 heteroatoms. The Morgan fingerprint density at radius 1 is 0.561 bits per heavy atom. The standard InChI is InChI=1S/2C12H8N2.C4N3.C2N3.Cu/c2*1-3-9-5-6-10-4-2-8-14-12(10)11(9)13-7-1;5-1-4(2-6)3-7;3-1-5-2-4;/h2*1-8H;;;/q;;2*-1;+2. The summed E-state index contributed by atoms with van der Waals surface area (Å²) < 4.78 is 0. The first-order chi connectivity index (χ1) is 19.7. The van der Waals surface area contributed by atoms with Crippen molar-refractivity contribution in [3.63, 3.8) is 0 Å². The third kappa shape index (κ3) is 8.45. The zero-order valence-electron chi connectivity index (χ0n) is 21.0. The van der Waals surface area contributed by atoms with Gasteiger partial charge in [0.15, 0.2) is 0 Å². The van der Waals surface area contributed by atoms with Gasteiger partial charge >= 0.3 is 17.1 Å². The van der Waals surface area contributed by atoms with Crippen LogP contribution >= 0.6 is 0 Å². The third-order valence-corrected chi connectivity index (χ3v) is 5.12. The van der Waals surface area contributed by atoms with Crippen molar-refractivity contribution in [3.8, 4) is 18.3 Å². The van der Waals surface area contributed by atoms with E-state index in [1.165, 1.54) is 30.2 Å². The molecule has 0 amide bonds. The molecule has 0 saturated heterocycles. The monoisotopic (exact) mass is 579 g/mol. The fraction of sp³-hybridized carbons (Fsp3) is 0. The van der Waals surface area contributed by atoms with Crippen LogP contribution < -0.4 is 0 Å². The van der Waals surface area contributed by atoms with E-state index in [0.29, 0.717) is 0 Å². The molecule has 10 nitrogen and oxygen atoms in total. The molecule has 4 aromatic heterocycles. The number of nitrogens with zero attached hydrogens (tertiary/aromatic N) is 10. The van der Waals surface area contributed by atoms with Crippen molar-refractivity contribution in [2.75, 3.05) is 0 Å². The molecule has 6 rings (SSSR count). The fourth-order valence-corrected chi connectivity index (χ4v) is 3.46. The molecule has 6 aromatic rings. The molecule has 4 heterocycles. The minimum absolute atomic E-state index is 0. The zero-order valence-corrected chi connectivity index (χ0v) is 22.0. The van der Waals surface area contributed by atoms with Crippen molar-refractivity contribution in [2.24, 2.45) is 4.99 Å². The number of allylic oxidation sites excluding steroid dienone is 1. The molecule has 41 heavy (non-hydrogen) atoms. The van der Waals surface area contributed by atoms with E-state index in [1.807, 2.05) is 24.3 Å². The van der Waals surface area contributed by atoms with Crippen molar-refractivity contribution in [2.45, 2.75) is 0 Å². The van der Waals surface area contributed by atoms with Crippen LogP contribution in [-0.4, -0.2) is 31.8 Å². The van der Waals surface area contributed by atoms with E-state index < -0.39 is 5.57 Å². The first-order valence-electron chi connectivity index (χ1n) is 11.4.